The van der Waals surface area contributed by atoms with E-state index in [4.69, 9.17) is 0 Å². The number of anilines is 3. The van der Waals surface area contributed by atoms with Gasteiger partial charge in [0.15, 0.2) is 0 Å². The Balaban J connectivity index is 1.58. The highest BCUT2D eigenvalue weighted by Gasteiger charge is 2.16. The number of nitrogens with zero attached hydrogens (tertiary/aromatic N) is 3. The Kier molecular flexibility index (Phi) is 6.32. The monoisotopic (exact) mass is 411 g/mol. The molecule has 2 N–H and O–H groups in total. The molecule has 1 aromatic carbocycles. The summed E-state index contributed by atoms with van der Waals surface area (Å²) in [4.78, 5) is 13.7. The van der Waals surface area contributed by atoms with E-state index in [1.807, 2.05) is 24.3 Å². The molecule has 0 radical (unpaired) electrons. The van der Waals surface area contributed by atoms with Crippen LogP contribution < -0.4 is 15.4 Å². The van der Waals surface area contributed by atoms with Crippen molar-refractivity contribution in [2.24, 2.45) is 0 Å². The lowest BCUT2D eigenvalue weighted by Gasteiger charge is -2.23. The molecule has 6 nitrogen and oxygen atoms in total. The van der Waals surface area contributed by atoms with Crippen molar-refractivity contribution in [3.63, 3.8) is 0 Å². The van der Waals surface area contributed by atoms with Crippen molar-refractivity contribution < 1.29 is 13.5 Å². The van der Waals surface area contributed by atoms with Gasteiger partial charge in [-0.05, 0) is 49.2 Å². The van der Waals surface area contributed by atoms with Gasteiger partial charge in [-0.15, -0.1) is 0 Å². The molecule has 2 heterocycles. The molecule has 1 aliphatic carbocycles. The summed E-state index contributed by atoms with van der Waals surface area (Å²) < 4.78 is 29.1. The van der Waals surface area contributed by atoms with Crippen LogP contribution in [0.2, 0.25) is 0 Å². The number of alkyl halides is 2. The second-order valence-corrected chi connectivity index (χ2v) is 7.18. The number of hydrogen-bond acceptors (Lipinski definition) is 6. The first-order valence-corrected chi connectivity index (χ1v) is 10.0. The van der Waals surface area contributed by atoms with Crippen molar-refractivity contribution in [3.05, 3.63) is 54.7 Å². The molecule has 0 spiro atoms. The number of aromatic nitrogens is 3. The Labute approximate surface area is 173 Å². The third-order valence-electron chi connectivity index (χ3n) is 4.94. The highest BCUT2D eigenvalue weighted by atomic mass is 19.3. The quantitative estimate of drug-likeness (QED) is 0.525. The molecule has 4 rings (SSSR count). The summed E-state index contributed by atoms with van der Waals surface area (Å²) in [6.45, 7) is -2.85. The van der Waals surface area contributed by atoms with Gasteiger partial charge >= 0.3 is 6.61 Å². The van der Waals surface area contributed by atoms with Crippen LogP contribution in [0.5, 0.6) is 5.75 Å². The molecule has 156 valence electrons. The Morgan fingerprint density at radius 2 is 1.73 bits per heavy atom. The van der Waals surface area contributed by atoms with E-state index in [0.29, 0.717) is 29.2 Å². The van der Waals surface area contributed by atoms with Gasteiger partial charge < -0.3 is 15.4 Å². The topological polar surface area (TPSA) is 72.0 Å². The van der Waals surface area contributed by atoms with E-state index in [-0.39, 0.29) is 5.75 Å². The molecular formula is C22H23F2N5O. The van der Waals surface area contributed by atoms with Gasteiger partial charge in [-0.2, -0.15) is 13.8 Å². The summed E-state index contributed by atoms with van der Waals surface area (Å²) in [7, 11) is 0. The zero-order chi connectivity index (χ0) is 20.8. The highest BCUT2D eigenvalue weighted by Crippen LogP contribution is 2.26. The van der Waals surface area contributed by atoms with Crippen molar-refractivity contribution in [1.82, 2.24) is 15.0 Å². The summed E-state index contributed by atoms with van der Waals surface area (Å²) in [5, 5.41) is 6.66. The first-order chi connectivity index (χ1) is 14.7. The van der Waals surface area contributed by atoms with Gasteiger partial charge in [0.05, 0.1) is 11.4 Å². The number of rotatable bonds is 7. The number of benzene rings is 1. The van der Waals surface area contributed by atoms with Crippen LogP contribution in [0, 0.1) is 0 Å². The molecular weight excluding hydrogens is 388 g/mol. The lowest BCUT2D eigenvalue weighted by atomic mass is 9.96. The Bertz CT molecular complexity index is 948. The van der Waals surface area contributed by atoms with E-state index in [1.165, 1.54) is 31.4 Å². The van der Waals surface area contributed by atoms with Crippen LogP contribution in [0.4, 0.5) is 26.2 Å². The maximum absolute atomic E-state index is 12.3. The predicted molar refractivity (Wildman–Crippen MR) is 112 cm³/mol. The minimum Gasteiger partial charge on any atom is -0.435 e. The lowest BCUT2D eigenvalue weighted by molar-refractivity contribution is -0.0498. The lowest BCUT2D eigenvalue weighted by Crippen LogP contribution is -2.23. The predicted octanol–water partition coefficient (Wildman–Crippen LogP) is 5.63. The molecule has 0 amide bonds. The van der Waals surface area contributed by atoms with Gasteiger partial charge in [0.25, 0.3) is 0 Å². The highest BCUT2D eigenvalue weighted by molar-refractivity contribution is 5.65. The van der Waals surface area contributed by atoms with Gasteiger partial charge in [0.2, 0.25) is 5.95 Å². The van der Waals surface area contributed by atoms with Gasteiger partial charge in [0.1, 0.15) is 11.6 Å². The molecule has 30 heavy (non-hydrogen) atoms. The van der Waals surface area contributed by atoms with E-state index < -0.39 is 6.61 Å². The van der Waals surface area contributed by atoms with Crippen molar-refractivity contribution in [1.29, 1.82) is 0 Å². The SMILES string of the molecule is FC(F)Oc1ccc(Nc2cc(-c3ccccn3)nc(NC3CCCCC3)n2)cc1. The van der Waals surface area contributed by atoms with E-state index in [0.717, 1.165) is 18.5 Å². The van der Waals surface area contributed by atoms with Crippen molar-refractivity contribution >= 4 is 17.5 Å². The zero-order valence-electron chi connectivity index (χ0n) is 16.4. The van der Waals surface area contributed by atoms with Gasteiger partial charge in [0, 0.05) is 24.0 Å². The summed E-state index contributed by atoms with van der Waals surface area (Å²) in [5.74, 6) is 1.24. The summed E-state index contributed by atoms with van der Waals surface area (Å²) in [5.41, 5.74) is 2.14. The summed E-state index contributed by atoms with van der Waals surface area (Å²) in [6.07, 6.45) is 7.61. The fourth-order valence-electron chi connectivity index (χ4n) is 3.52. The first kappa shape index (κ1) is 20.0. The maximum atomic E-state index is 12.3. The molecule has 1 saturated carbocycles. The fourth-order valence-corrected chi connectivity index (χ4v) is 3.52. The Morgan fingerprint density at radius 3 is 2.43 bits per heavy atom. The number of pyridine rings is 1. The van der Waals surface area contributed by atoms with Crippen LogP contribution in [-0.2, 0) is 0 Å². The van der Waals surface area contributed by atoms with E-state index in [2.05, 4.69) is 30.3 Å². The number of nitrogens with one attached hydrogen (secondary N) is 2. The second-order valence-electron chi connectivity index (χ2n) is 7.18. The molecule has 8 heteroatoms. The molecule has 1 fully saturated rings. The van der Waals surface area contributed by atoms with Crippen LogP contribution in [0.3, 0.4) is 0 Å². The van der Waals surface area contributed by atoms with E-state index in [1.54, 1.807) is 18.3 Å². The molecule has 1 aliphatic rings. The van der Waals surface area contributed by atoms with Crippen LogP contribution in [0.15, 0.2) is 54.7 Å². The zero-order valence-corrected chi connectivity index (χ0v) is 16.4. The van der Waals surface area contributed by atoms with Crippen LogP contribution in [-0.4, -0.2) is 27.6 Å². The third-order valence-corrected chi connectivity index (χ3v) is 4.94. The smallest absolute Gasteiger partial charge is 0.387 e. The van der Waals surface area contributed by atoms with Crippen LogP contribution in [0.1, 0.15) is 32.1 Å². The minimum atomic E-state index is -2.85. The number of halogens is 2. The fraction of sp³-hybridized carbons (Fsp3) is 0.318. The maximum Gasteiger partial charge on any atom is 0.387 e. The van der Waals surface area contributed by atoms with E-state index in [9.17, 15) is 8.78 Å². The number of hydrogen-bond donors (Lipinski definition) is 2. The second kappa shape index (κ2) is 9.47. The molecule has 0 unspecified atom stereocenters. The average Bonchev–Trinajstić information content (AvgIpc) is 2.76. The Morgan fingerprint density at radius 1 is 0.933 bits per heavy atom. The van der Waals surface area contributed by atoms with Crippen LogP contribution in [0.25, 0.3) is 11.4 Å². The van der Waals surface area contributed by atoms with Gasteiger partial charge in [-0.3, -0.25) is 4.98 Å². The molecule has 2 aromatic heterocycles. The average molecular weight is 411 g/mol. The molecule has 0 saturated heterocycles. The van der Waals surface area contributed by atoms with Crippen LogP contribution >= 0.6 is 0 Å². The molecule has 3 aromatic rings. The number of ether oxygens (including phenoxy) is 1. The normalized spacial score (nSPS) is 14.5. The third kappa shape index (κ3) is 5.40. The largest absolute Gasteiger partial charge is 0.435 e. The molecule has 0 bridgehead atoms. The van der Waals surface area contributed by atoms with Crippen molar-refractivity contribution in [2.75, 3.05) is 10.6 Å². The van der Waals surface area contributed by atoms with Gasteiger partial charge in [-0.25, -0.2) is 4.98 Å². The first-order valence-electron chi connectivity index (χ1n) is 10.0. The minimum absolute atomic E-state index is 0.104. The van der Waals surface area contributed by atoms with Gasteiger partial charge in [-0.1, -0.05) is 25.3 Å². The Hall–Kier alpha value is -3.29. The molecule has 0 atom stereocenters. The standard InChI is InChI=1S/C22H23F2N5O/c23-21(24)30-17-11-9-16(10-12-17)26-20-14-19(18-8-4-5-13-25-18)28-22(29-20)27-15-6-2-1-3-7-15/h4-5,8-15,21H,1-3,6-7H2,(H2,26,27,28,29). The summed E-state index contributed by atoms with van der Waals surface area (Å²) in [6, 6.07) is 14.1. The molecule has 0 aliphatic heterocycles. The summed E-state index contributed by atoms with van der Waals surface area (Å²) >= 11 is 0. The van der Waals surface area contributed by atoms with Crippen molar-refractivity contribution in [2.45, 2.75) is 44.8 Å². The van der Waals surface area contributed by atoms with Crippen molar-refractivity contribution in [3.8, 4) is 17.1 Å². The van der Waals surface area contributed by atoms with E-state index >= 15 is 0 Å².